The van der Waals surface area contributed by atoms with Crippen molar-refractivity contribution < 1.29 is 12.6 Å². The molecule has 0 bridgehead atoms. The van der Waals surface area contributed by atoms with Crippen molar-refractivity contribution in [1.29, 1.82) is 0 Å². The maximum absolute atomic E-state index is 12.2. The highest BCUT2D eigenvalue weighted by atomic mass is 32.2. The standard InChI is InChI=1S/C15H17NO3S2/c1-11-5-7-13(8-6-11)21(17,18)19-9-12-3-2-4-14-15(12)16-10-20-14/h5-8,10,12H,2-4,9H2,1H3. The van der Waals surface area contributed by atoms with Crippen LogP contribution in [0.15, 0.2) is 34.7 Å². The molecular formula is C15H17NO3S2. The predicted molar refractivity (Wildman–Crippen MR) is 82.1 cm³/mol. The molecule has 1 aromatic heterocycles. The second kappa shape index (κ2) is 5.87. The maximum atomic E-state index is 12.2. The minimum Gasteiger partial charge on any atom is -0.266 e. The molecule has 1 heterocycles. The van der Waals surface area contributed by atoms with Crippen LogP contribution in [0.2, 0.25) is 0 Å². The number of thiazole rings is 1. The fraction of sp³-hybridized carbons (Fsp3) is 0.400. The zero-order chi connectivity index (χ0) is 14.9. The average molecular weight is 323 g/mol. The monoisotopic (exact) mass is 323 g/mol. The summed E-state index contributed by atoms with van der Waals surface area (Å²) < 4.78 is 29.7. The van der Waals surface area contributed by atoms with E-state index in [9.17, 15) is 8.42 Å². The van der Waals surface area contributed by atoms with E-state index < -0.39 is 10.1 Å². The van der Waals surface area contributed by atoms with Crippen molar-refractivity contribution >= 4 is 21.5 Å². The van der Waals surface area contributed by atoms with Crippen LogP contribution in [0.1, 0.15) is 34.9 Å². The lowest BCUT2D eigenvalue weighted by Gasteiger charge is -2.20. The third kappa shape index (κ3) is 3.17. The first-order chi connectivity index (χ1) is 10.1. The van der Waals surface area contributed by atoms with Crippen LogP contribution in [0.25, 0.3) is 0 Å². The molecule has 0 saturated heterocycles. The van der Waals surface area contributed by atoms with E-state index in [1.807, 2.05) is 12.4 Å². The number of aryl methyl sites for hydroxylation is 2. The van der Waals surface area contributed by atoms with Crippen molar-refractivity contribution in [2.45, 2.75) is 37.0 Å². The summed E-state index contributed by atoms with van der Waals surface area (Å²) in [5, 5.41) is 0. The number of aromatic nitrogens is 1. The molecule has 112 valence electrons. The first kappa shape index (κ1) is 14.7. The summed E-state index contributed by atoms with van der Waals surface area (Å²) in [5.74, 6) is 0.0835. The summed E-state index contributed by atoms with van der Waals surface area (Å²) in [6.45, 7) is 2.09. The normalized spacial score (nSPS) is 18.4. The van der Waals surface area contributed by atoms with Crippen LogP contribution in [0.4, 0.5) is 0 Å². The maximum Gasteiger partial charge on any atom is 0.296 e. The van der Waals surface area contributed by atoms with E-state index in [0.29, 0.717) is 0 Å². The summed E-state index contributed by atoms with van der Waals surface area (Å²) in [5.41, 5.74) is 3.87. The Morgan fingerprint density at radius 2 is 2.10 bits per heavy atom. The van der Waals surface area contributed by atoms with E-state index in [1.54, 1.807) is 35.6 Å². The van der Waals surface area contributed by atoms with E-state index in [-0.39, 0.29) is 17.4 Å². The van der Waals surface area contributed by atoms with Crippen molar-refractivity contribution in [2.24, 2.45) is 0 Å². The number of fused-ring (bicyclic) bond motifs is 1. The highest BCUT2D eigenvalue weighted by Crippen LogP contribution is 2.33. The zero-order valence-electron chi connectivity index (χ0n) is 11.8. The molecular weight excluding hydrogens is 306 g/mol. The van der Waals surface area contributed by atoms with Crippen molar-refractivity contribution in [3.8, 4) is 0 Å². The van der Waals surface area contributed by atoms with Gasteiger partial charge in [-0.1, -0.05) is 17.7 Å². The van der Waals surface area contributed by atoms with Gasteiger partial charge < -0.3 is 0 Å². The summed E-state index contributed by atoms with van der Waals surface area (Å²) >= 11 is 1.64. The Bertz CT molecular complexity index is 720. The third-order valence-corrected chi connectivity index (χ3v) is 5.95. The Hall–Kier alpha value is -1.24. The molecule has 0 fully saturated rings. The molecule has 4 nitrogen and oxygen atoms in total. The minimum absolute atomic E-state index is 0.0835. The molecule has 0 N–H and O–H groups in total. The number of rotatable bonds is 4. The SMILES string of the molecule is Cc1ccc(S(=O)(=O)OCC2CCCc3scnc32)cc1. The van der Waals surface area contributed by atoms with E-state index in [0.717, 1.165) is 30.5 Å². The minimum atomic E-state index is -3.69. The molecule has 0 aliphatic heterocycles. The summed E-state index contributed by atoms with van der Waals surface area (Å²) in [7, 11) is -3.69. The number of benzene rings is 1. The number of hydrogen-bond donors (Lipinski definition) is 0. The van der Waals surface area contributed by atoms with E-state index >= 15 is 0 Å². The van der Waals surface area contributed by atoms with Gasteiger partial charge in [0.25, 0.3) is 10.1 Å². The largest absolute Gasteiger partial charge is 0.296 e. The number of hydrogen-bond acceptors (Lipinski definition) is 5. The molecule has 1 aliphatic rings. The first-order valence-corrected chi connectivity index (χ1v) is 9.23. The van der Waals surface area contributed by atoms with Crippen LogP contribution in [0, 0.1) is 6.92 Å². The van der Waals surface area contributed by atoms with Gasteiger partial charge in [-0.15, -0.1) is 11.3 Å². The van der Waals surface area contributed by atoms with Gasteiger partial charge in [-0.3, -0.25) is 4.18 Å². The van der Waals surface area contributed by atoms with Crippen LogP contribution in [0.5, 0.6) is 0 Å². The van der Waals surface area contributed by atoms with Crippen LogP contribution in [0.3, 0.4) is 0 Å². The van der Waals surface area contributed by atoms with Gasteiger partial charge in [0, 0.05) is 10.8 Å². The first-order valence-electron chi connectivity index (χ1n) is 6.94. The highest BCUT2D eigenvalue weighted by molar-refractivity contribution is 7.86. The van der Waals surface area contributed by atoms with Gasteiger partial charge in [-0.2, -0.15) is 8.42 Å². The second-order valence-electron chi connectivity index (χ2n) is 5.30. The quantitative estimate of drug-likeness (QED) is 0.810. The Morgan fingerprint density at radius 1 is 1.33 bits per heavy atom. The van der Waals surface area contributed by atoms with E-state index in [2.05, 4.69) is 4.98 Å². The smallest absolute Gasteiger partial charge is 0.266 e. The lowest BCUT2D eigenvalue weighted by atomic mass is 9.92. The molecule has 0 spiro atoms. The molecule has 0 amide bonds. The molecule has 6 heteroatoms. The molecule has 1 aliphatic carbocycles. The average Bonchev–Trinajstić information content (AvgIpc) is 2.94. The predicted octanol–water partition coefficient (Wildman–Crippen LogP) is 3.28. The molecule has 0 radical (unpaired) electrons. The topological polar surface area (TPSA) is 56.3 Å². The molecule has 1 atom stereocenters. The van der Waals surface area contributed by atoms with Gasteiger partial charge in [0.15, 0.2) is 0 Å². The van der Waals surface area contributed by atoms with Crippen molar-refractivity contribution in [1.82, 2.24) is 4.98 Å². The third-order valence-electron chi connectivity index (χ3n) is 3.75. The summed E-state index contributed by atoms with van der Waals surface area (Å²) in [6, 6.07) is 6.71. The van der Waals surface area contributed by atoms with Crippen LogP contribution >= 0.6 is 11.3 Å². The fourth-order valence-corrected chi connectivity index (χ4v) is 4.40. The lowest BCUT2D eigenvalue weighted by molar-refractivity contribution is 0.276. The van der Waals surface area contributed by atoms with Gasteiger partial charge in [0.2, 0.25) is 0 Å². The summed E-state index contributed by atoms with van der Waals surface area (Å²) in [6.07, 6.45) is 3.04. The second-order valence-corrected chi connectivity index (χ2v) is 7.86. The molecule has 21 heavy (non-hydrogen) atoms. The van der Waals surface area contributed by atoms with Crippen molar-refractivity contribution in [3.05, 3.63) is 45.9 Å². The van der Waals surface area contributed by atoms with Gasteiger partial charge in [0.05, 0.1) is 22.7 Å². The van der Waals surface area contributed by atoms with Crippen LogP contribution in [-0.4, -0.2) is 20.0 Å². The van der Waals surface area contributed by atoms with Gasteiger partial charge in [-0.05, 0) is 38.3 Å². The van der Waals surface area contributed by atoms with Crippen molar-refractivity contribution in [3.63, 3.8) is 0 Å². The summed E-state index contributed by atoms with van der Waals surface area (Å²) in [4.78, 5) is 5.84. The van der Waals surface area contributed by atoms with Gasteiger partial charge in [-0.25, -0.2) is 4.98 Å². The zero-order valence-corrected chi connectivity index (χ0v) is 13.4. The Balaban J connectivity index is 1.72. The Morgan fingerprint density at radius 3 is 2.86 bits per heavy atom. The van der Waals surface area contributed by atoms with Gasteiger partial charge >= 0.3 is 0 Å². The molecule has 2 aromatic rings. The highest BCUT2D eigenvalue weighted by Gasteiger charge is 2.25. The fourth-order valence-electron chi connectivity index (χ4n) is 2.55. The Kier molecular flexibility index (Phi) is 4.10. The van der Waals surface area contributed by atoms with Gasteiger partial charge in [0.1, 0.15) is 0 Å². The van der Waals surface area contributed by atoms with Crippen LogP contribution < -0.4 is 0 Å². The van der Waals surface area contributed by atoms with Crippen LogP contribution in [-0.2, 0) is 20.7 Å². The molecule has 1 unspecified atom stereocenters. The Labute approximate surface area is 128 Å². The molecule has 3 rings (SSSR count). The van der Waals surface area contributed by atoms with Crippen molar-refractivity contribution in [2.75, 3.05) is 6.61 Å². The lowest BCUT2D eigenvalue weighted by Crippen LogP contribution is -2.17. The van der Waals surface area contributed by atoms with E-state index in [1.165, 1.54) is 4.88 Å². The number of nitrogens with zero attached hydrogens (tertiary/aromatic N) is 1. The molecule has 0 saturated carbocycles. The van der Waals surface area contributed by atoms with E-state index in [4.69, 9.17) is 4.18 Å². The molecule has 1 aromatic carbocycles.